The number of rotatable bonds is 7. The molecule has 2 unspecified atom stereocenters. The van der Waals surface area contributed by atoms with Gasteiger partial charge in [-0.1, -0.05) is 85.3 Å². The molecule has 3 aromatic carbocycles. The van der Waals surface area contributed by atoms with Crippen molar-refractivity contribution in [2.45, 2.75) is 51.0 Å². The molecule has 1 aliphatic carbocycles. The van der Waals surface area contributed by atoms with Gasteiger partial charge < -0.3 is 4.74 Å². The van der Waals surface area contributed by atoms with Gasteiger partial charge in [0.15, 0.2) is 6.30 Å². The van der Waals surface area contributed by atoms with Gasteiger partial charge in [0.05, 0.1) is 5.69 Å². The highest BCUT2D eigenvalue weighted by Crippen LogP contribution is 2.46. The molecule has 7 rings (SSSR count). The highest BCUT2D eigenvalue weighted by atomic mass is 19.1. The Morgan fingerprint density at radius 1 is 0.810 bits per heavy atom. The number of ether oxygens (including phenoxy) is 1. The number of hydrazine groups is 1. The molecule has 1 aromatic heterocycles. The van der Waals surface area contributed by atoms with E-state index in [1.54, 1.807) is 6.20 Å². The van der Waals surface area contributed by atoms with Gasteiger partial charge >= 0.3 is 0 Å². The first-order valence-corrected chi connectivity index (χ1v) is 15.2. The molecule has 0 radical (unpaired) electrons. The van der Waals surface area contributed by atoms with E-state index in [-0.39, 0.29) is 6.23 Å². The van der Waals surface area contributed by atoms with E-state index >= 15 is 4.39 Å². The third-order valence-corrected chi connectivity index (χ3v) is 8.76. The van der Waals surface area contributed by atoms with Crippen molar-refractivity contribution in [1.29, 1.82) is 0 Å². The van der Waals surface area contributed by atoms with Gasteiger partial charge in [0.25, 0.3) is 0 Å². The average Bonchev–Trinajstić information content (AvgIpc) is 3.36. The number of benzene rings is 3. The van der Waals surface area contributed by atoms with Crippen LogP contribution in [0.15, 0.2) is 97.3 Å². The molecule has 0 bridgehead atoms. The predicted molar refractivity (Wildman–Crippen MR) is 169 cm³/mol. The van der Waals surface area contributed by atoms with Crippen LogP contribution in [-0.2, 0) is 4.74 Å². The molecular weight excluding hydrogens is 521 g/mol. The van der Waals surface area contributed by atoms with Gasteiger partial charge in [-0.3, -0.25) is 9.99 Å². The SMILES string of the molecule is FC1NN(C2CCCCO2)c2ccc(/C(=C(/c3ccccc3)C3CCC3)c3ccc(/C=C/c4cccnc4)cc3)cc21. The summed E-state index contributed by atoms with van der Waals surface area (Å²) in [6, 6.07) is 29.8. The van der Waals surface area contributed by atoms with Crippen molar-refractivity contribution in [3.63, 3.8) is 0 Å². The molecule has 2 aliphatic heterocycles. The van der Waals surface area contributed by atoms with Crippen molar-refractivity contribution in [3.05, 3.63) is 131 Å². The maximum atomic E-state index is 15.6. The molecule has 1 saturated heterocycles. The lowest BCUT2D eigenvalue weighted by atomic mass is 9.73. The Balaban J connectivity index is 1.31. The highest BCUT2D eigenvalue weighted by molar-refractivity contribution is 6.00. The summed E-state index contributed by atoms with van der Waals surface area (Å²) in [6.45, 7) is 0.718. The summed E-state index contributed by atoms with van der Waals surface area (Å²) in [7, 11) is 0. The van der Waals surface area contributed by atoms with Crippen LogP contribution in [0.2, 0.25) is 0 Å². The Labute approximate surface area is 247 Å². The molecule has 5 heteroatoms. The second-order valence-electron chi connectivity index (χ2n) is 11.5. The summed E-state index contributed by atoms with van der Waals surface area (Å²) in [5, 5.41) is 1.90. The minimum Gasteiger partial charge on any atom is -0.357 e. The molecule has 0 spiro atoms. The Morgan fingerprint density at radius 2 is 1.62 bits per heavy atom. The van der Waals surface area contributed by atoms with Gasteiger partial charge in [-0.25, -0.2) is 4.39 Å². The lowest BCUT2D eigenvalue weighted by molar-refractivity contribution is 0.00520. The molecule has 3 aliphatic rings. The van der Waals surface area contributed by atoms with E-state index in [1.165, 1.54) is 36.0 Å². The molecule has 1 saturated carbocycles. The zero-order chi connectivity index (χ0) is 28.3. The van der Waals surface area contributed by atoms with Crippen LogP contribution in [0.4, 0.5) is 10.1 Å². The normalized spacial score (nSPS) is 21.2. The number of halogens is 1. The van der Waals surface area contributed by atoms with E-state index in [4.69, 9.17) is 4.74 Å². The Hall–Kier alpha value is -4.06. The molecule has 4 nitrogen and oxygen atoms in total. The van der Waals surface area contributed by atoms with Crippen LogP contribution < -0.4 is 10.4 Å². The monoisotopic (exact) mass is 557 g/mol. The zero-order valence-electron chi connectivity index (χ0n) is 23.8. The maximum absolute atomic E-state index is 15.6. The van der Waals surface area contributed by atoms with Gasteiger partial charge in [-0.15, -0.1) is 0 Å². The Morgan fingerprint density at radius 3 is 2.33 bits per heavy atom. The molecule has 4 aromatic rings. The molecule has 2 atom stereocenters. The predicted octanol–water partition coefficient (Wildman–Crippen LogP) is 8.83. The van der Waals surface area contributed by atoms with Gasteiger partial charge in [0.2, 0.25) is 0 Å². The number of nitrogens with zero attached hydrogens (tertiary/aromatic N) is 2. The van der Waals surface area contributed by atoms with Crippen LogP contribution in [0, 0.1) is 5.92 Å². The topological polar surface area (TPSA) is 37.4 Å². The van der Waals surface area contributed by atoms with Crippen molar-refractivity contribution in [3.8, 4) is 0 Å². The van der Waals surface area contributed by atoms with Crippen LogP contribution in [-0.4, -0.2) is 17.8 Å². The fourth-order valence-electron chi connectivity index (χ4n) is 6.36. The maximum Gasteiger partial charge on any atom is 0.195 e. The van der Waals surface area contributed by atoms with E-state index in [1.807, 2.05) is 23.3 Å². The number of alkyl halides is 1. The van der Waals surface area contributed by atoms with Crippen LogP contribution in [0.25, 0.3) is 23.3 Å². The summed E-state index contributed by atoms with van der Waals surface area (Å²) >= 11 is 0. The molecule has 1 N–H and O–H groups in total. The van der Waals surface area contributed by atoms with E-state index in [9.17, 15) is 0 Å². The second kappa shape index (κ2) is 12.0. The van der Waals surface area contributed by atoms with Gasteiger partial charge in [0.1, 0.15) is 6.23 Å². The number of hydrogen-bond donors (Lipinski definition) is 1. The molecule has 2 fully saturated rings. The number of allylic oxidation sites excluding steroid dienone is 1. The standard InChI is InChI=1S/C37H36FN3O/c38-37-32-24-31(20-21-33(32)41(40-37)34-13-4-5-23-42-34)36(35(29-11-6-12-29)28-9-2-1-3-10-28)30-18-16-26(17-19-30)14-15-27-8-7-22-39-25-27/h1-3,7-10,14-22,24-25,29,34,37,40H,4-6,11-13,23H2/b15-14+,36-35-. The largest absolute Gasteiger partial charge is 0.357 e. The number of pyridine rings is 1. The molecule has 0 amide bonds. The third-order valence-electron chi connectivity index (χ3n) is 8.76. The highest BCUT2D eigenvalue weighted by Gasteiger charge is 2.35. The zero-order valence-corrected chi connectivity index (χ0v) is 23.8. The van der Waals surface area contributed by atoms with Crippen LogP contribution in [0.3, 0.4) is 0 Å². The summed E-state index contributed by atoms with van der Waals surface area (Å²) < 4.78 is 21.6. The molecular formula is C37H36FN3O. The summed E-state index contributed by atoms with van der Waals surface area (Å²) in [4.78, 5) is 4.21. The fourth-order valence-corrected chi connectivity index (χ4v) is 6.36. The van der Waals surface area contributed by atoms with E-state index in [0.717, 1.165) is 53.8 Å². The van der Waals surface area contributed by atoms with E-state index < -0.39 is 6.30 Å². The number of anilines is 1. The lowest BCUT2D eigenvalue weighted by Gasteiger charge is -2.33. The summed E-state index contributed by atoms with van der Waals surface area (Å²) in [5.41, 5.74) is 12.8. The van der Waals surface area contributed by atoms with E-state index in [2.05, 4.69) is 95.4 Å². The quantitative estimate of drug-likeness (QED) is 0.182. The minimum absolute atomic E-state index is 0.138. The Bertz CT molecular complexity index is 1570. The number of fused-ring (bicyclic) bond motifs is 1. The van der Waals surface area contributed by atoms with Crippen LogP contribution >= 0.6 is 0 Å². The smallest absolute Gasteiger partial charge is 0.195 e. The second-order valence-corrected chi connectivity index (χ2v) is 11.5. The lowest BCUT2D eigenvalue weighted by Crippen LogP contribution is -2.45. The summed E-state index contributed by atoms with van der Waals surface area (Å²) in [6.07, 6.45) is 13.1. The Kier molecular flexibility index (Phi) is 7.69. The first kappa shape index (κ1) is 26.8. The van der Waals surface area contributed by atoms with Crippen molar-refractivity contribution in [2.24, 2.45) is 5.92 Å². The van der Waals surface area contributed by atoms with Crippen LogP contribution in [0.5, 0.6) is 0 Å². The van der Waals surface area contributed by atoms with Gasteiger partial charge in [-0.05, 0) is 95.2 Å². The van der Waals surface area contributed by atoms with Crippen molar-refractivity contribution in [2.75, 3.05) is 11.6 Å². The van der Waals surface area contributed by atoms with Gasteiger partial charge in [0, 0.05) is 24.6 Å². The average molecular weight is 558 g/mol. The van der Waals surface area contributed by atoms with Crippen molar-refractivity contribution >= 4 is 29.0 Å². The first-order valence-electron chi connectivity index (χ1n) is 15.2. The molecule has 212 valence electrons. The fraction of sp³-hybridized carbons (Fsp3) is 0.270. The number of aromatic nitrogens is 1. The number of hydrogen-bond acceptors (Lipinski definition) is 4. The van der Waals surface area contributed by atoms with Crippen molar-refractivity contribution < 1.29 is 9.13 Å². The van der Waals surface area contributed by atoms with Crippen LogP contribution in [0.1, 0.15) is 78.2 Å². The first-order chi connectivity index (χ1) is 20.7. The van der Waals surface area contributed by atoms with Crippen molar-refractivity contribution in [1.82, 2.24) is 10.4 Å². The molecule has 3 heterocycles. The van der Waals surface area contributed by atoms with Gasteiger partial charge in [-0.2, -0.15) is 5.43 Å². The molecule has 42 heavy (non-hydrogen) atoms. The minimum atomic E-state index is -1.27. The third kappa shape index (κ3) is 5.42. The number of nitrogens with one attached hydrogen (secondary N) is 1. The van der Waals surface area contributed by atoms with E-state index in [0.29, 0.717) is 11.5 Å². The summed E-state index contributed by atoms with van der Waals surface area (Å²) in [5.74, 6) is 0.479.